The Kier molecular flexibility index (Phi) is 2.68. The number of carbonyl (C=O) groups is 1. The molecule has 1 spiro atoms. The SMILES string of the molecule is O=C1OC2(C3=C(C=C(O)C=[Si]3)Oc3cc(O)ccc32)c2ccccc21. The third-order valence-electron chi connectivity index (χ3n) is 4.58. The van der Waals surface area contributed by atoms with Crippen molar-refractivity contribution in [2.24, 2.45) is 0 Å². The first-order valence-electron chi connectivity index (χ1n) is 7.69. The number of phenolic OH excluding ortho intramolecular Hbond substituents is 1. The monoisotopic (exact) mass is 347 g/mol. The Morgan fingerprint density at radius 3 is 2.76 bits per heavy atom. The molecule has 1 atom stereocenters. The number of aliphatic hydroxyl groups excluding tert-OH is 1. The number of allylic oxidation sites excluding steroid dienone is 2. The van der Waals surface area contributed by atoms with E-state index < -0.39 is 11.6 Å². The zero-order valence-electron chi connectivity index (χ0n) is 12.8. The van der Waals surface area contributed by atoms with Gasteiger partial charge in [-0.05, 0) is 23.9 Å². The zero-order valence-corrected chi connectivity index (χ0v) is 13.8. The Morgan fingerprint density at radius 1 is 1.04 bits per heavy atom. The lowest BCUT2D eigenvalue weighted by Gasteiger charge is -2.37. The summed E-state index contributed by atoms with van der Waals surface area (Å²) < 4.78 is 11.9. The molecule has 0 amide bonds. The van der Waals surface area contributed by atoms with Crippen LogP contribution in [0.4, 0.5) is 0 Å². The number of hydrogen-bond acceptors (Lipinski definition) is 5. The molecule has 0 aromatic heterocycles. The average molecular weight is 347 g/mol. The van der Waals surface area contributed by atoms with Crippen LogP contribution in [0.5, 0.6) is 11.5 Å². The fourth-order valence-electron chi connectivity index (χ4n) is 3.56. The standard InChI is InChI=1S/C19H11O5Si/c20-10-5-6-14-15(7-10)23-16-8-11(21)9-25-17(16)19(14)13-4-2-1-3-12(13)18(22)24-19/h1-9,20-21H. The molecule has 0 saturated heterocycles. The number of carbonyl (C=O) groups excluding carboxylic acids is 1. The molecular weight excluding hydrogens is 336 g/mol. The Labute approximate surface area is 144 Å². The molecule has 25 heavy (non-hydrogen) atoms. The number of esters is 1. The summed E-state index contributed by atoms with van der Waals surface area (Å²) in [6.07, 6.45) is 1.51. The van der Waals surface area contributed by atoms with E-state index in [4.69, 9.17) is 9.47 Å². The average Bonchev–Trinajstić information content (AvgIpc) is 2.88. The lowest BCUT2D eigenvalue weighted by atomic mass is 9.82. The van der Waals surface area contributed by atoms with E-state index in [9.17, 15) is 15.0 Å². The van der Waals surface area contributed by atoms with Crippen molar-refractivity contribution in [3.8, 4) is 11.5 Å². The van der Waals surface area contributed by atoms with E-state index in [1.54, 1.807) is 29.9 Å². The summed E-state index contributed by atoms with van der Waals surface area (Å²) in [6, 6.07) is 12.0. The molecule has 6 heteroatoms. The fraction of sp³-hybridized carbons (Fsp3) is 0.0526. The molecule has 2 aromatic carbocycles. The van der Waals surface area contributed by atoms with Gasteiger partial charge in [-0.2, -0.15) is 0 Å². The predicted octanol–water partition coefficient (Wildman–Crippen LogP) is 2.37. The van der Waals surface area contributed by atoms with Crippen molar-refractivity contribution in [1.82, 2.24) is 0 Å². The van der Waals surface area contributed by atoms with Gasteiger partial charge in [0.25, 0.3) is 0 Å². The van der Waals surface area contributed by atoms with Crippen LogP contribution in [0.15, 0.2) is 65.3 Å². The van der Waals surface area contributed by atoms with Crippen LogP contribution in [0.3, 0.4) is 0 Å². The van der Waals surface area contributed by atoms with E-state index >= 15 is 0 Å². The molecule has 0 bridgehead atoms. The van der Waals surface area contributed by atoms with Gasteiger partial charge in [0.15, 0.2) is 5.60 Å². The maximum Gasteiger partial charge on any atom is 0.340 e. The van der Waals surface area contributed by atoms with Crippen molar-refractivity contribution in [3.63, 3.8) is 0 Å². The second kappa shape index (κ2) is 4.70. The summed E-state index contributed by atoms with van der Waals surface area (Å²) in [5.41, 5.74) is 2.51. The van der Waals surface area contributed by atoms with Gasteiger partial charge in [-0.1, -0.05) is 18.2 Å². The molecule has 2 N–H and O–H groups in total. The van der Waals surface area contributed by atoms with Gasteiger partial charge >= 0.3 is 5.97 Å². The molecule has 3 heterocycles. The lowest BCUT2D eigenvalue weighted by Crippen LogP contribution is -2.37. The third-order valence-corrected chi connectivity index (χ3v) is 5.91. The molecule has 3 aliphatic rings. The Morgan fingerprint density at radius 2 is 1.88 bits per heavy atom. The van der Waals surface area contributed by atoms with Gasteiger partial charge in [0, 0.05) is 28.5 Å². The molecule has 1 radical (unpaired) electrons. The molecule has 1 unspecified atom stereocenters. The summed E-state index contributed by atoms with van der Waals surface area (Å²) >= 11 is 0. The van der Waals surface area contributed by atoms with Crippen LogP contribution in [-0.2, 0) is 10.3 Å². The highest BCUT2D eigenvalue weighted by atomic mass is 28.2. The van der Waals surface area contributed by atoms with Crippen molar-refractivity contribution in [3.05, 3.63) is 81.9 Å². The van der Waals surface area contributed by atoms with Gasteiger partial charge in [0.2, 0.25) is 0 Å². The molecule has 3 aliphatic heterocycles. The van der Waals surface area contributed by atoms with Crippen molar-refractivity contribution >= 4 is 20.8 Å². The van der Waals surface area contributed by atoms with Crippen LogP contribution in [0.1, 0.15) is 21.5 Å². The van der Waals surface area contributed by atoms with Gasteiger partial charge < -0.3 is 19.7 Å². The number of phenols is 1. The van der Waals surface area contributed by atoms with Crippen LogP contribution < -0.4 is 4.74 Å². The van der Waals surface area contributed by atoms with E-state index in [-0.39, 0.29) is 20.6 Å². The Bertz CT molecular complexity index is 1050. The predicted molar refractivity (Wildman–Crippen MR) is 90.9 cm³/mol. The van der Waals surface area contributed by atoms with Gasteiger partial charge in [0.1, 0.15) is 23.0 Å². The van der Waals surface area contributed by atoms with Crippen molar-refractivity contribution in [2.75, 3.05) is 0 Å². The second-order valence-corrected chi connectivity index (χ2v) is 7.07. The first kappa shape index (κ1) is 14.2. The van der Waals surface area contributed by atoms with E-state index in [0.29, 0.717) is 22.6 Å². The summed E-state index contributed by atoms with van der Waals surface area (Å²) in [4.78, 5) is 12.5. The van der Waals surface area contributed by atoms with Gasteiger partial charge in [0.05, 0.1) is 14.7 Å². The maximum atomic E-state index is 12.5. The number of rotatable bonds is 0. The number of benzene rings is 2. The van der Waals surface area contributed by atoms with Crippen LogP contribution >= 0.6 is 0 Å². The van der Waals surface area contributed by atoms with Gasteiger partial charge in [-0.25, -0.2) is 4.79 Å². The van der Waals surface area contributed by atoms with Crippen molar-refractivity contribution < 1.29 is 24.5 Å². The van der Waals surface area contributed by atoms with Crippen LogP contribution in [0, 0.1) is 0 Å². The van der Waals surface area contributed by atoms with Crippen LogP contribution in [-0.4, -0.2) is 31.0 Å². The van der Waals surface area contributed by atoms with Gasteiger partial charge in [-0.3, -0.25) is 0 Å². The maximum absolute atomic E-state index is 12.5. The number of ether oxygens (including phenoxy) is 2. The lowest BCUT2D eigenvalue weighted by molar-refractivity contribution is 0.0230. The summed E-state index contributed by atoms with van der Waals surface area (Å²) in [7, 11) is 0.0992. The Balaban J connectivity index is 1.90. The van der Waals surface area contributed by atoms with Crippen LogP contribution in [0.25, 0.3) is 0 Å². The van der Waals surface area contributed by atoms with E-state index in [2.05, 4.69) is 0 Å². The number of aliphatic hydroxyl groups is 1. The van der Waals surface area contributed by atoms with Gasteiger partial charge in [-0.15, -0.1) is 0 Å². The minimum atomic E-state index is -1.10. The van der Waals surface area contributed by atoms with E-state index in [1.165, 1.54) is 12.1 Å². The molecular formula is C19H11O5Si. The highest BCUT2D eigenvalue weighted by Crippen LogP contribution is 2.53. The molecule has 0 fully saturated rings. The smallest absolute Gasteiger partial charge is 0.340 e. The summed E-state index contributed by atoms with van der Waals surface area (Å²) in [6.45, 7) is 0. The van der Waals surface area contributed by atoms with Crippen LogP contribution in [0.2, 0.25) is 0 Å². The first-order chi connectivity index (χ1) is 12.1. The largest absolute Gasteiger partial charge is 0.508 e. The second-order valence-electron chi connectivity index (χ2n) is 6.00. The topological polar surface area (TPSA) is 76.0 Å². The normalized spacial score (nSPS) is 22.7. The summed E-state index contributed by atoms with van der Waals surface area (Å²) in [5, 5.41) is 20.5. The highest BCUT2D eigenvalue weighted by molar-refractivity contribution is 6.58. The molecule has 5 rings (SSSR count). The van der Waals surface area contributed by atoms with Crippen molar-refractivity contribution in [2.45, 2.75) is 5.60 Å². The molecule has 0 aliphatic carbocycles. The number of fused-ring (bicyclic) bond motifs is 5. The Hall–Kier alpha value is -3.12. The quantitative estimate of drug-likeness (QED) is 0.565. The van der Waals surface area contributed by atoms with Crippen molar-refractivity contribution in [1.29, 1.82) is 0 Å². The van der Waals surface area contributed by atoms with E-state index in [0.717, 1.165) is 10.8 Å². The third kappa shape index (κ3) is 1.77. The fourth-order valence-corrected chi connectivity index (χ4v) is 4.73. The molecule has 0 saturated carbocycles. The highest BCUT2D eigenvalue weighted by Gasteiger charge is 2.54. The summed E-state index contributed by atoms with van der Waals surface area (Å²) in [5.74, 6) is 0.605. The molecule has 2 aromatic rings. The molecule has 121 valence electrons. The minimum Gasteiger partial charge on any atom is -0.508 e. The zero-order chi connectivity index (χ0) is 17.2. The minimum absolute atomic E-state index is 0.0496. The van der Waals surface area contributed by atoms with E-state index in [1.807, 2.05) is 12.1 Å². The molecule has 5 nitrogen and oxygen atoms in total. The first-order valence-corrected chi connectivity index (χ1v) is 8.77. The number of hydrogen-bond donors (Lipinski definition) is 2. The number of aromatic hydroxyl groups is 1.